The predicted molar refractivity (Wildman–Crippen MR) is 130 cm³/mol. The Morgan fingerprint density at radius 2 is 1.89 bits per heavy atom. The highest BCUT2D eigenvalue weighted by molar-refractivity contribution is 5.83. The van der Waals surface area contributed by atoms with Crippen LogP contribution in [0.5, 0.6) is 11.5 Å². The molecule has 0 bridgehead atoms. The van der Waals surface area contributed by atoms with Crippen molar-refractivity contribution in [1.29, 1.82) is 0 Å². The summed E-state index contributed by atoms with van der Waals surface area (Å²) in [7, 11) is 0. The molecule has 2 aromatic heterocycles. The molecule has 0 saturated carbocycles. The van der Waals surface area contributed by atoms with Crippen LogP contribution in [0.15, 0.2) is 23.0 Å². The van der Waals surface area contributed by atoms with Gasteiger partial charge in [-0.1, -0.05) is 6.92 Å². The van der Waals surface area contributed by atoms with E-state index in [4.69, 9.17) is 18.9 Å². The molecule has 192 valence electrons. The van der Waals surface area contributed by atoms with E-state index in [1.165, 1.54) is 0 Å². The average Bonchev–Trinajstić information content (AvgIpc) is 3.68. The number of hydrogen-bond acceptors (Lipinski definition) is 9. The third-order valence-electron chi connectivity index (χ3n) is 7.34. The average molecular weight is 497 g/mol. The first kappa shape index (κ1) is 23.4. The van der Waals surface area contributed by atoms with Gasteiger partial charge >= 0.3 is 0 Å². The van der Waals surface area contributed by atoms with E-state index >= 15 is 0 Å². The highest BCUT2D eigenvalue weighted by Crippen LogP contribution is 2.35. The summed E-state index contributed by atoms with van der Waals surface area (Å²) >= 11 is 0. The van der Waals surface area contributed by atoms with E-state index in [9.17, 15) is 4.79 Å². The zero-order valence-corrected chi connectivity index (χ0v) is 20.5. The molecule has 0 radical (unpaired) electrons. The van der Waals surface area contributed by atoms with Crippen molar-refractivity contribution in [3.63, 3.8) is 0 Å². The Bertz CT molecular complexity index is 1260. The lowest BCUT2D eigenvalue weighted by Gasteiger charge is -2.32. The Hall–Kier alpha value is -3.02. The normalized spacial score (nSPS) is 22.2. The van der Waals surface area contributed by atoms with Crippen LogP contribution < -0.4 is 15.0 Å². The van der Waals surface area contributed by atoms with E-state index in [-0.39, 0.29) is 30.6 Å². The number of benzene rings is 1. The van der Waals surface area contributed by atoms with Gasteiger partial charge in [0.15, 0.2) is 17.3 Å². The molecule has 36 heavy (non-hydrogen) atoms. The molecule has 3 aromatic rings. The number of tetrazole rings is 1. The zero-order chi connectivity index (χ0) is 24.5. The Morgan fingerprint density at radius 1 is 1.11 bits per heavy atom. The van der Waals surface area contributed by atoms with Gasteiger partial charge in [0.25, 0.3) is 5.56 Å². The van der Waals surface area contributed by atoms with Crippen LogP contribution in [0.25, 0.3) is 10.9 Å². The zero-order valence-electron chi connectivity index (χ0n) is 20.5. The summed E-state index contributed by atoms with van der Waals surface area (Å²) in [6.45, 7) is 5.66. The number of pyridine rings is 1. The van der Waals surface area contributed by atoms with E-state index in [1.807, 2.05) is 22.9 Å². The molecule has 2 fully saturated rings. The second kappa shape index (κ2) is 10.2. The number of H-pyrrole nitrogens is 1. The maximum atomic E-state index is 13.2. The molecule has 3 aliphatic heterocycles. The largest absolute Gasteiger partial charge is 0.454 e. The number of fused-ring (bicyclic) bond motifs is 2. The monoisotopic (exact) mass is 496 g/mol. The van der Waals surface area contributed by atoms with Crippen molar-refractivity contribution < 1.29 is 18.9 Å². The van der Waals surface area contributed by atoms with Gasteiger partial charge in [0, 0.05) is 43.3 Å². The van der Waals surface area contributed by atoms with Gasteiger partial charge in [-0.2, -0.15) is 0 Å². The van der Waals surface area contributed by atoms with Gasteiger partial charge in [-0.15, -0.1) is 5.10 Å². The van der Waals surface area contributed by atoms with Crippen molar-refractivity contribution >= 4 is 10.9 Å². The fraction of sp³-hybridized carbons (Fsp3) is 0.600. The third-order valence-corrected chi connectivity index (χ3v) is 7.34. The summed E-state index contributed by atoms with van der Waals surface area (Å²) in [4.78, 5) is 18.5. The molecule has 0 spiro atoms. The molecule has 1 N–H and O–H groups in total. The fourth-order valence-corrected chi connectivity index (χ4v) is 5.49. The lowest BCUT2D eigenvalue weighted by atomic mass is 10.1. The first-order valence-electron chi connectivity index (χ1n) is 12.9. The third kappa shape index (κ3) is 4.70. The lowest BCUT2D eigenvalue weighted by molar-refractivity contribution is 0.0470. The quantitative estimate of drug-likeness (QED) is 0.477. The van der Waals surface area contributed by atoms with Crippen molar-refractivity contribution in [2.45, 2.75) is 70.4 Å². The second-order valence-corrected chi connectivity index (χ2v) is 9.76. The first-order valence-corrected chi connectivity index (χ1v) is 12.9. The summed E-state index contributed by atoms with van der Waals surface area (Å²) in [5.74, 6) is 2.14. The number of aromatic nitrogens is 5. The molecular weight excluding hydrogens is 464 g/mol. The number of rotatable bonds is 9. The summed E-state index contributed by atoms with van der Waals surface area (Å²) in [6.07, 6.45) is 5.18. The summed E-state index contributed by atoms with van der Waals surface area (Å²) < 4.78 is 24.7. The number of hydrogen-bond donors (Lipinski definition) is 1. The maximum absolute atomic E-state index is 13.2. The number of aromatic amines is 1. The Balaban J connectivity index is 1.31. The molecule has 3 atom stereocenters. The molecular formula is C25H32N6O5. The molecule has 11 heteroatoms. The fourth-order valence-electron chi connectivity index (χ4n) is 5.49. The molecule has 6 rings (SSSR count). The maximum Gasteiger partial charge on any atom is 0.252 e. The molecule has 5 heterocycles. The van der Waals surface area contributed by atoms with Crippen molar-refractivity contribution in [2.24, 2.45) is 0 Å². The van der Waals surface area contributed by atoms with E-state index in [0.717, 1.165) is 62.0 Å². The summed E-state index contributed by atoms with van der Waals surface area (Å²) in [6, 6.07) is 5.61. The van der Waals surface area contributed by atoms with Crippen molar-refractivity contribution in [1.82, 2.24) is 30.1 Å². The standard InChI is InChI=1S/C25H32N6O5/c1-2-21(24-27-28-29-31(24)14-19-6-4-8-34-19)30(13-18-5-3-7-33-18)12-17-9-16-10-22-23(36-15-35-22)11-20(16)26-25(17)32/h9-11,18-19,21H,2-8,12-15H2,1H3,(H,26,32). The molecule has 11 nitrogen and oxygen atoms in total. The van der Waals surface area contributed by atoms with Crippen molar-refractivity contribution in [2.75, 3.05) is 26.6 Å². The van der Waals surface area contributed by atoms with Crippen LogP contribution in [0.1, 0.15) is 56.5 Å². The predicted octanol–water partition coefficient (Wildman–Crippen LogP) is 2.55. The SMILES string of the molecule is CCC(c1nnnn1CC1CCCO1)N(Cc1cc2cc3c(cc2[nH]c1=O)OCO3)CC1CCCO1. The van der Waals surface area contributed by atoms with Gasteiger partial charge in [-0.3, -0.25) is 9.69 Å². The number of nitrogens with one attached hydrogen (secondary N) is 1. The molecule has 1 aromatic carbocycles. The van der Waals surface area contributed by atoms with Crippen molar-refractivity contribution in [3.05, 3.63) is 39.9 Å². The molecule has 2 saturated heterocycles. The van der Waals surface area contributed by atoms with E-state index < -0.39 is 0 Å². The molecule has 0 aliphatic carbocycles. The van der Waals surface area contributed by atoms with Gasteiger partial charge in [-0.05, 0) is 54.7 Å². The summed E-state index contributed by atoms with van der Waals surface area (Å²) in [5.41, 5.74) is 1.29. The van der Waals surface area contributed by atoms with Crippen LogP contribution in [-0.2, 0) is 22.6 Å². The number of nitrogens with zero attached hydrogens (tertiary/aromatic N) is 5. The van der Waals surface area contributed by atoms with E-state index in [2.05, 4.69) is 32.3 Å². The highest BCUT2D eigenvalue weighted by Gasteiger charge is 2.30. The minimum atomic E-state index is -0.118. The topological polar surface area (TPSA) is 117 Å². The minimum absolute atomic E-state index is 0.0718. The van der Waals surface area contributed by atoms with Crippen LogP contribution in [0.3, 0.4) is 0 Å². The van der Waals surface area contributed by atoms with Gasteiger partial charge < -0.3 is 23.9 Å². The highest BCUT2D eigenvalue weighted by atomic mass is 16.7. The van der Waals surface area contributed by atoms with Gasteiger partial charge in [0.1, 0.15) is 0 Å². The molecule has 3 aliphatic rings. The van der Waals surface area contributed by atoms with Gasteiger partial charge in [0.2, 0.25) is 6.79 Å². The smallest absolute Gasteiger partial charge is 0.252 e. The van der Waals surface area contributed by atoms with Gasteiger partial charge in [0.05, 0.1) is 30.3 Å². The van der Waals surface area contributed by atoms with Gasteiger partial charge in [-0.25, -0.2) is 4.68 Å². The Labute approximate surface area is 208 Å². The minimum Gasteiger partial charge on any atom is -0.454 e. The lowest BCUT2D eigenvalue weighted by Crippen LogP contribution is -2.38. The Kier molecular flexibility index (Phi) is 6.60. The van der Waals surface area contributed by atoms with Crippen LogP contribution in [0.2, 0.25) is 0 Å². The van der Waals surface area contributed by atoms with Crippen LogP contribution in [0.4, 0.5) is 0 Å². The van der Waals surface area contributed by atoms with E-state index in [0.29, 0.717) is 36.7 Å². The van der Waals surface area contributed by atoms with E-state index in [1.54, 1.807) is 0 Å². The summed E-state index contributed by atoms with van der Waals surface area (Å²) in [5, 5.41) is 13.6. The second-order valence-electron chi connectivity index (χ2n) is 9.76. The van der Waals surface area contributed by atoms with Crippen LogP contribution in [0, 0.1) is 0 Å². The van der Waals surface area contributed by atoms with Crippen molar-refractivity contribution in [3.8, 4) is 11.5 Å². The first-order chi connectivity index (χ1) is 17.7. The Morgan fingerprint density at radius 3 is 2.64 bits per heavy atom. The molecule has 3 unspecified atom stereocenters. The van der Waals surface area contributed by atoms with Crippen LogP contribution >= 0.6 is 0 Å². The molecule has 0 amide bonds. The number of ether oxygens (including phenoxy) is 4. The van der Waals surface area contributed by atoms with Crippen LogP contribution in [-0.4, -0.2) is 68.9 Å².